The average molecular weight is 326 g/mol. The molecule has 1 aliphatic carbocycles. The SMILES string of the molecule is COc1ccccc1Nc1cc(C)nc(NC2CCCCCC2)n1. The molecule has 1 aromatic heterocycles. The van der Waals surface area contributed by atoms with Crippen molar-refractivity contribution in [3.05, 3.63) is 36.0 Å². The minimum absolute atomic E-state index is 0.480. The fraction of sp³-hybridized carbons (Fsp3) is 0.474. The monoisotopic (exact) mass is 326 g/mol. The number of hydrogen-bond donors (Lipinski definition) is 2. The number of hydrogen-bond acceptors (Lipinski definition) is 5. The molecule has 0 aliphatic heterocycles. The van der Waals surface area contributed by atoms with Crippen molar-refractivity contribution in [2.45, 2.75) is 51.5 Å². The first kappa shape index (κ1) is 16.6. The van der Waals surface area contributed by atoms with Crippen LogP contribution in [0.1, 0.15) is 44.2 Å². The van der Waals surface area contributed by atoms with Gasteiger partial charge in [0.15, 0.2) is 0 Å². The van der Waals surface area contributed by atoms with Crippen LogP contribution in [0.15, 0.2) is 30.3 Å². The number of aromatic nitrogens is 2. The molecule has 5 nitrogen and oxygen atoms in total. The maximum atomic E-state index is 5.39. The van der Waals surface area contributed by atoms with Crippen molar-refractivity contribution >= 4 is 17.5 Å². The van der Waals surface area contributed by atoms with E-state index in [4.69, 9.17) is 4.74 Å². The van der Waals surface area contributed by atoms with E-state index in [1.807, 2.05) is 37.3 Å². The second-order valence-electron chi connectivity index (χ2n) is 6.38. The number of nitrogens with zero attached hydrogens (tertiary/aromatic N) is 2. The van der Waals surface area contributed by atoms with E-state index in [9.17, 15) is 0 Å². The number of aryl methyl sites for hydroxylation is 1. The molecule has 1 fully saturated rings. The van der Waals surface area contributed by atoms with Gasteiger partial charge in [-0.25, -0.2) is 4.98 Å². The zero-order valence-corrected chi connectivity index (χ0v) is 14.5. The fourth-order valence-corrected chi connectivity index (χ4v) is 3.19. The van der Waals surface area contributed by atoms with Crippen LogP contribution in [0.3, 0.4) is 0 Å². The Morgan fingerprint density at radius 3 is 2.54 bits per heavy atom. The lowest BCUT2D eigenvalue weighted by molar-refractivity contribution is 0.417. The molecule has 3 rings (SSSR count). The molecule has 128 valence electrons. The van der Waals surface area contributed by atoms with E-state index in [0.717, 1.165) is 22.9 Å². The van der Waals surface area contributed by atoms with Crippen LogP contribution < -0.4 is 15.4 Å². The van der Waals surface area contributed by atoms with Crippen molar-refractivity contribution in [1.82, 2.24) is 9.97 Å². The Kier molecular flexibility index (Phi) is 5.51. The number of nitrogens with one attached hydrogen (secondary N) is 2. The van der Waals surface area contributed by atoms with Crippen molar-refractivity contribution in [2.75, 3.05) is 17.7 Å². The number of methoxy groups -OCH3 is 1. The predicted molar refractivity (Wildman–Crippen MR) is 98.2 cm³/mol. The molecule has 0 unspecified atom stereocenters. The first-order valence-electron chi connectivity index (χ1n) is 8.77. The lowest BCUT2D eigenvalue weighted by Crippen LogP contribution is -2.20. The Hall–Kier alpha value is -2.30. The van der Waals surface area contributed by atoms with Gasteiger partial charge in [0, 0.05) is 17.8 Å². The summed E-state index contributed by atoms with van der Waals surface area (Å²) in [5.74, 6) is 2.29. The Morgan fingerprint density at radius 2 is 1.79 bits per heavy atom. The van der Waals surface area contributed by atoms with Gasteiger partial charge >= 0.3 is 0 Å². The number of rotatable bonds is 5. The van der Waals surface area contributed by atoms with E-state index in [2.05, 4.69) is 20.6 Å². The lowest BCUT2D eigenvalue weighted by atomic mass is 10.1. The van der Waals surface area contributed by atoms with Gasteiger partial charge in [0.2, 0.25) is 5.95 Å². The maximum Gasteiger partial charge on any atom is 0.225 e. The summed E-state index contributed by atoms with van der Waals surface area (Å²) in [5, 5.41) is 6.86. The van der Waals surface area contributed by atoms with Gasteiger partial charge in [-0.3, -0.25) is 0 Å². The predicted octanol–water partition coefficient (Wildman–Crippen LogP) is 4.67. The van der Waals surface area contributed by atoms with E-state index >= 15 is 0 Å². The van der Waals surface area contributed by atoms with Crippen molar-refractivity contribution in [2.24, 2.45) is 0 Å². The van der Waals surface area contributed by atoms with Gasteiger partial charge in [0.1, 0.15) is 11.6 Å². The summed E-state index contributed by atoms with van der Waals surface area (Å²) in [6, 6.07) is 10.3. The van der Waals surface area contributed by atoms with Crippen LogP contribution >= 0.6 is 0 Å². The van der Waals surface area contributed by atoms with Crippen LogP contribution in [-0.2, 0) is 0 Å². The van der Waals surface area contributed by atoms with Crippen LogP contribution in [0.5, 0.6) is 5.75 Å². The molecule has 0 radical (unpaired) electrons. The molecule has 1 aromatic carbocycles. The van der Waals surface area contributed by atoms with E-state index in [0.29, 0.717) is 12.0 Å². The van der Waals surface area contributed by atoms with Crippen molar-refractivity contribution in [1.29, 1.82) is 0 Å². The molecule has 0 amide bonds. The molecule has 1 heterocycles. The van der Waals surface area contributed by atoms with E-state index in [-0.39, 0.29) is 0 Å². The first-order chi connectivity index (χ1) is 11.7. The number of para-hydroxylation sites is 2. The molecule has 1 aliphatic rings. The van der Waals surface area contributed by atoms with E-state index in [1.54, 1.807) is 7.11 Å². The largest absolute Gasteiger partial charge is 0.495 e. The first-order valence-corrected chi connectivity index (χ1v) is 8.77. The smallest absolute Gasteiger partial charge is 0.225 e. The van der Waals surface area contributed by atoms with Gasteiger partial charge in [0.05, 0.1) is 12.8 Å². The van der Waals surface area contributed by atoms with Crippen molar-refractivity contribution < 1.29 is 4.74 Å². The van der Waals surface area contributed by atoms with Crippen LogP contribution in [0.25, 0.3) is 0 Å². The summed E-state index contributed by atoms with van der Waals surface area (Å²) in [6.45, 7) is 1.99. The Labute approximate surface area is 143 Å². The standard InChI is InChI=1S/C19H26N4O/c1-14-13-18(22-16-11-7-8-12-17(16)24-2)23-19(20-14)21-15-9-5-3-4-6-10-15/h7-8,11-13,15H,3-6,9-10H2,1-2H3,(H2,20,21,22,23). The number of anilines is 3. The van der Waals surface area contributed by atoms with E-state index in [1.165, 1.54) is 38.5 Å². The third-order valence-electron chi connectivity index (χ3n) is 4.41. The summed E-state index contributed by atoms with van der Waals surface area (Å²) < 4.78 is 5.39. The molecule has 2 aromatic rings. The van der Waals surface area contributed by atoms with Gasteiger partial charge in [0.25, 0.3) is 0 Å². The van der Waals surface area contributed by atoms with Gasteiger partial charge in [-0.2, -0.15) is 4.98 Å². The van der Waals surface area contributed by atoms with Gasteiger partial charge in [-0.05, 0) is 31.9 Å². The normalized spacial score (nSPS) is 15.6. The average Bonchev–Trinajstić information content (AvgIpc) is 2.83. The maximum absolute atomic E-state index is 5.39. The van der Waals surface area contributed by atoms with Gasteiger partial charge < -0.3 is 15.4 Å². The molecule has 2 N–H and O–H groups in total. The Balaban J connectivity index is 1.75. The quantitative estimate of drug-likeness (QED) is 0.782. The summed E-state index contributed by atoms with van der Waals surface area (Å²) in [6.07, 6.45) is 7.66. The molecule has 5 heteroatoms. The minimum Gasteiger partial charge on any atom is -0.495 e. The van der Waals surface area contributed by atoms with Crippen LogP contribution in [0, 0.1) is 6.92 Å². The van der Waals surface area contributed by atoms with Crippen LogP contribution in [-0.4, -0.2) is 23.1 Å². The summed E-state index contributed by atoms with van der Waals surface area (Å²) in [5.41, 5.74) is 1.84. The molecule has 0 atom stereocenters. The van der Waals surface area contributed by atoms with E-state index < -0.39 is 0 Å². The molecule has 24 heavy (non-hydrogen) atoms. The van der Waals surface area contributed by atoms with Gasteiger partial charge in [-0.1, -0.05) is 37.8 Å². The van der Waals surface area contributed by atoms with Crippen LogP contribution in [0.4, 0.5) is 17.5 Å². The molecular formula is C19H26N4O. The molecule has 0 bridgehead atoms. The zero-order valence-electron chi connectivity index (χ0n) is 14.5. The highest BCUT2D eigenvalue weighted by molar-refractivity contribution is 5.64. The Bertz CT molecular complexity index is 666. The third-order valence-corrected chi connectivity index (χ3v) is 4.41. The molecular weight excluding hydrogens is 300 g/mol. The van der Waals surface area contributed by atoms with Crippen molar-refractivity contribution in [3.8, 4) is 5.75 Å². The zero-order chi connectivity index (χ0) is 16.8. The second-order valence-corrected chi connectivity index (χ2v) is 6.38. The summed E-state index contributed by atoms with van der Waals surface area (Å²) in [7, 11) is 1.67. The summed E-state index contributed by atoms with van der Waals surface area (Å²) >= 11 is 0. The third kappa shape index (κ3) is 4.37. The second kappa shape index (κ2) is 7.99. The van der Waals surface area contributed by atoms with Gasteiger partial charge in [-0.15, -0.1) is 0 Å². The molecule has 0 spiro atoms. The van der Waals surface area contributed by atoms with Crippen molar-refractivity contribution in [3.63, 3.8) is 0 Å². The highest BCUT2D eigenvalue weighted by Gasteiger charge is 2.14. The Morgan fingerprint density at radius 1 is 1.04 bits per heavy atom. The highest BCUT2D eigenvalue weighted by Crippen LogP contribution is 2.27. The molecule has 0 saturated heterocycles. The highest BCUT2D eigenvalue weighted by atomic mass is 16.5. The summed E-state index contributed by atoms with van der Waals surface area (Å²) in [4.78, 5) is 9.19. The fourth-order valence-electron chi connectivity index (χ4n) is 3.19. The minimum atomic E-state index is 0.480. The number of ether oxygens (including phenoxy) is 1. The van der Waals surface area contributed by atoms with Crippen LogP contribution in [0.2, 0.25) is 0 Å². The number of benzene rings is 1. The lowest BCUT2D eigenvalue weighted by Gasteiger charge is -2.17. The molecule has 1 saturated carbocycles. The topological polar surface area (TPSA) is 59.1 Å².